The topological polar surface area (TPSA) is 49.3 Å². The fraction of sp³-hybridized carbons (Fsp3) is 0.500. The van der Waals surface area contributed by atoms with E-state index in [9.17, 15) is 4.79 Å². The molecule has 0 saturated carbocycles. The lowest BCUT2D eigenvalue weighted by molar-refractivity contribution is -0.118. The molecule has 0 unspecified atom stereocenters. The zero-order valence-corrected chi connectivity index (χ0v) is 11.4. The molecule has 0 fully saturated rings. The summed E-state index contributed by atoms with van der Waals surface area (Å²) in [7, 11) is 0. The summed E-state index contributed by atoms with van der Waals surface area (Å²) in [6.45, 7) is 1.98. The van der Waals surface area contributed by atoms with Crippen molar-refractivity contribution in [1.29, 1.82) is 0 Å². The molecule has 4 heteroatoms. The highest BCUT2D eigenvalue weighted by atomic mass is 32.2. The maximum absolute atomic E-state index is 11.5. The molecule has 3 nitrogen and oxygen atoms in total. The average Bonchev–Trinajstić information content (AvgIpc) is 2.81. The van der Waals surface area contributed by atoms with Crippen molar-refractivity contribution >= 4 is 17.7 Å². The molecule has 0 aliphatic heterocycles. The summed E-state index contributed by atoms with van der Waals surface area (Å²) in [5, 5.41) is 11.8. The number of amides is 1. The van der Waals surface area contributed by atoms with Crippen LogP contribution in [0, 0.1) is 0 Å². The number of nitrogens with one attached hydrogen (secondary N) is 1. The number of hydrogen-bond donors (Lipinski definition) is 2. The van der Waals surface area contributed by atoms with Gasteiger partial charge in [-0.3, -0.25) is 4.79 Å². The number of aryl methyl sites for hydroxylation is 2. The molecule has 98 valence electrons. The second-order valence-corrected chi connectivity index (χ2v) is 5.77. The van der Waals surface area contributed by atoms with Crippen molar-refractivity contribution < 1.29 is 9.90 Å². The lowest BCUT2D eigenvalue weighted by Gasteiger charge is -2.07. The van der Waals surface area contributed by atoms with E-state index in [1.807, 2.05) is 0 Å². The Morgan fingerprint density at radius 3 is 3.00 bits per heavy atom. The molecule has 0 bridgehead atoms. The molecule has 0 saturated heterocycles. The number of rotatable bonds is 5. The first-order chi connectivity index (χ1) is 8.65. The first-order valence-corrected chi connectivity index (χ1v) is 7.33. The van der Waals surface area contributed by atoms with Gasteiger partial charge in [-0.05, 0) is 49.4 Å². The van der Waals surface area contributed by atoms with Crippen LogP contribution in [-0.4, -0.2) is 29.4 Å². The highest BCUT2D eigenvalue weighted by Gasteiger charge is 2.11. The molecule has 0 spiro atoms. The van der Waals surface area contributed by atoms with E-state index >= 15 is 0 Å². The van der Waals surface area contributed by atoms with E-state index in [-0.39, 0.29) is 5.91 Å². The number of hydrogen-bond acceptors (Lipinski definition) is 3. The van der Waals surface area contributed by atoms with E-state index in [2.05, 4.69) is 23.5 Å². The Morgan fingerprint density at radius 1 is 1.44 bits per heavy atom. The SMILES string of the molecule is C[C@@H](O)CNC(=O)CSc1ccc2c(c1)CCC2. The number of carbonyl (C=O) groups excluding carboxylic acids is 1. The summed E-state index contributed by atoms with van der Waals surface area (Å²) in [5.74, 6) is 0.382. The van der Waals surface area contributed by atoms with Crippen molar-refractivity contribution in [1.82, 2.24) is 5.32 Å². The zero-order valence-electron chi connectivity index (χ0n) is 10.6. The van der Waals surface area contributed by atoms with Gasteiger partial charge in [0.1, 0.15) is 0 Å². The molecule has 1 aliphatic rings. The van der Waals surface area contributed by atoms with Crippen LogP contribution in [0.1, 0.15) is 24.5 Å². The number of benzene rings is 1. The van der Waals surface area contributed by atoms with Crippen molar-refractivity contribution in [2.75, 3.05) is 12.3 Å². The summed E-state index contributed by atoms with van der Waals surface area (Å²) >= 11 is 1.55. The fourth-order valence-corrected chi connectivity index (χ4v) is 2.89. The molecule has 1 amide bonds. The van der Waals surface area contributed by atoms with Crippen molar-refractivity contribution in [3.8, 4) is 0 Å². The largest absolute Gasteiger partial charge is 0.392 e. The second-order valence-electron chi connectivity index (χ2n) is 4.73. The summed E-state index contributed by atoms with van der Waals surface area (Å²) in [5.41, 5.74) is 2.89. The van der Waals surface area contributed by atoms with Crippen LogP contribution < -0.4 is 5.32 Å². The van der Waals surface area contributed by atoms with Crippen LogP contribution in [0.5, 0.6) is 0 Å². The van der Waals surface area contributed by atoms with Gasteiger partial charge in [0, 0.05) is 11.4 Å². The number of aliphatic hydroxyl groups excluding tert-OH is 1. The van der Waals surface area contributed by atoms with Crippen LogP contribution in [0.15, 0.2) is 23.1 Å². The average molecular weight is 265 g/mol. The van der Waals surface area contributed by atoms with Crippen LogP contribution >= 0.6 is 11.8 Å². The number of thioether (sulfide) groups is 1. The smallest absolute Gasteiger partial charge is 0.230 e. The van der Waals surface area contributed by atoms with Gasteiger partial charge in [0.2, 0.25) is 5.91 Å². The van der Waals surface area contributed by atoms with E-state index in [0.29, 0.717) is 12.3 Å². The molecule has 1 aromatic carbocycles. The number of fused-ring (bicyclic) bond motifs is 1. The molecule has 1 aromatic rings. The minimum Gasteiger partial charge on any atom is -0.392 e. The molecule has 0 radical (unpaired) electrons. The lowest BCUT2D eigenvalue weighted by Crippen LogP contribution is -2.31. The van der Waals surface area contributed by atoms with Gasteiger partial charge < -0.3 is 10.4 Å². The molecule has 2 rings (SSSR count). The van der Waals surface area contributed by atoms with E-state index in [0.717, 1.165) is 11.3 Å². The third kappa shape index (κ3) is 3.75. The monoisotopic (exact) mass is 265 g/mol. The van der Waals surface area contributed by atoms with Crippen LogP contribution in [0.2, 0.25) is 0 Å². The summed E-state index contributed by atoms with van der Waals surface area (Å²) in [6.07, 6.45) is 3.12. The molecule has 2 N–H and O–H groups in total. The van der Waals surface area contributed by atoms with Crippen LogP contribution in [0.4, 0.5) is 0 Å². The van der Waals surface area contributed by atoms with E-state index in [1.165, 1.54) is 24.0 Å². The number of carbonyl (C=O) groups is 1. The van der Waals surface area contributed by atoms with Crippen LogP contribution in [0.25, 0.3) is 0 Å². The Labute approximate surface area is 112 Å². The molecule has 18 heavy (non-hydrogen) atoms. The summed E-state index contributed by atoms with van der Waals surface area (Å²) in [4.78, 5) is 12.7. The Balaban J connectivity index is 1.81. The van der Waals surface area contributed by atoms with E-state index < -0.39 is 6.10 Å². The Hall–Kier alpha value is -1.00. The third-order valence-corrected chi connectivity index (χ3v) is 4.03. The van der Waals surface area contributed by atoms with Crippen LogP contribution in [0.3, 0.4) is 0 Å². The lowest BCUT2D eigenvalue weighted by atomic mass is 10.1. The first kappa shape index (κ1) is 13.4. The maximum Gasteiger partial charge on any atom is 0.230 e. The van der Waals surface area contributed by atoms with Gasteiger partial charge in [-0.15, -0.1) is 11.8 Å². The van der Waals surface area contributed by atoms with Gasteiger partial charge in [0.15, 0.2) is 0 Å². The standard InChI is InChI=1S/C14H19NO2S/c1-10(16)8-15-14(17)9-18-13-6-5-11-3-2-4-12(11)7-13/h5-7,10,16H,2-4,8-9H2,1H3,(H,15,17)/t10-/m1/s1. The molecule has 1 aliphatic carbocycles. The molecule has 0 heterocycles. The van der Waals surface area contributed by atoms with Crippen molar-refractivity contribution in [3.63, 3.8) is 0 Å². The number of aliphatic hydroxyl groups is 1. The van der Waals surface area contributed by atoms with Crippen molar-refractivity contribution in [2.45, 2.75) is 37.2 Å². The Morgan fingerprint density at radius 2 is 2.22 bits per heavy atom. The minimum atomic E-state index is -0.487. The zero-order chi connectivity index (χ0) is 13.0. The predicted molar refractivity (Wildman–Crippen MR) is 73.9 cm³/mol. The highest BCUT2D eigenvalue weighted by Crippen LogP contribution is 2.27. The third-order valence-electron chi connectivity index (χ3n) is 3.03. The van der Waals surface area contributed by atoms with E-state index in [4.69, 9.17) is 5.11 Å². The maximum atomic E-state index is 11.5. The molecule has 1 atom stereocenters. The fourth-order valence-electron chi connectivity index (χ4n) is 2.10. The quantitative estimate of drug-likeness (QED) is 0.798. The van der Waals surface area contributed by atoms with Gasteiger partial charge in [-0.2, -0.15) is 0 Å². The van der Waals surface area contributed by atoms with Crippen LogP contribution in [-0.2, 0) is 17.6 Å². The molecular weight excluding hydrogens is 246 g/mol. The van der Waals surface area contributed by atoms with Crippen molar-refractivity contribution in [3.05, 3.63) is 29.3 Å². The van der Waals surface area contributed by atoms with E-state index in [1.54, 1.807) is 18.7 Å². The summed E-state index contributed by atoms with van der Waals surface area (Å²) < 4.78 is 0. The summed E-state index contributed by atoms with van der Waals surface area (Å²) in [6, 6.07) is 6.48. The van der Waals surface area contributed by atoms with Gasteiger partial charge in [0.25, 0.3) is 0 Å². The van der Waals surface area contributed by atoms with Gasteiger partial charge in [-0.1, -0.05) is 6.07 Å². The first-order valence-electron chi connectivity index (χ1n) is 6.34. The van der Waals surface area contributed by atoms with Gasteiger partial charge in [0.05, 0.1) is 11.9 Å². The second kappa shape index (κ2) is 6.25. The molecule has 0 aromatic heterocycles. The normalized spacial score (nSPS) is 15.2. The highest BCUT2D eigenvalue weighted by molar-refractivity contribution is 8.00. The molecular formula is C14H19NO2S. The minimum absolute atomic E-state index is 0.0265. The Kier molecular flexibility index (Phi) is 4.66. The Bertz CT molecular complexity index is 432. The predicted octanol–water partition coefficient (Wildman–Crippen LogP) is 1.76. The van der Waals surface area contributed by atoms with Crippen molar-refractivity contribution in [2.24, 2.45) is 0 Å². The van der Waals surface area contributed by atoms with Gasteiger partial charge >= 0.3 is 0 Å². The van der Waals surface area contributed by atoms with Gasteiger partial charge in [-0.25, -0.2) is 0 Å².